The predicted octanol–water partition coefficient (Wildman–Crippen LogP) is 5.51. The van der Waals surface area contributed by atoms with Gasteiger partial charge in [-0.05, 0) is 26.0 Å². The van der Waals surface area contributed by atoms with Crippen LogP contribution in [0.2, 0.25) is 0 Å². The fourth-order valence-electron chi connectivity index (χ4n) is 4.62. The Kier molecular flexibility index (Phi) is 6.64. The van der Waals surface area contributed by atoms with Crippen LogP contribution in [0.1, 0.15) is 48.7 Å². The highest BCUT2D eigenvalue weighted by Gasteiger charge is 2.48. The zero-order valence-corrected chi connectivity index (χ0v) is 20.3. The molecule has 0 aliphatic carbocycles. The van der Waals surface area contributed by atoms with Crippen molar-refractivity contribution in [2.75, 3.05) is 32.6 Å². The first-order chi connectivity index (χ1) is 16.6. The zero-order valence-electron chi connectivity index (χ0n) is 20.3. The number of hydrogen-bond acceptors (Lipinski definition) is 5. The summed E-state index contributed by atoms with van der Waals surface area (Å²) >= 11 is 0. The molecule has 9 heteroatoms. The number of methoxy groups -OCH3 is 2. The molecule has 6 nitrogen and oxygen atoms in total. The van der Waals surface area contributed by atoms with E-state index in [0.717, 1.165) is 22.7 Å². The summed E-state index contributed by atoms with van der Waals surface area (Å²) in [7, 11) is 3.15. The molecule has 0 radical (unpaired) electrons. The van der Waals surface area contributed by atoms with Gasteiger partial charge in [0.15, 0.2) is 0 Å². The number of carbonyl (C=O) groups excluding carboxylic acids is 1. The van der Waals surface area contributed by atoms with Crippen LogP contribution in [0.3, 0.4) is 0 Å². The molecule has 1 fully saturated rings. The molecule has 1 unspecified atom stereocenters. The van der Waals surface area contributed by atoms with Crippen LogP contribution in [0.25, 0.3) is 10.9 Å². The first-order valence-electron chi connectivity index (χ1n) is 11.2. The lowest BCUT2D eigenvalue weighted by molar-refractivity contribution is -0.162. The lowest BCUT2D eigenvalue weighted by Gasteiger charge is -2.49. The van der Waals surface area contributed by atoms with Crippen molar-refractivity contribution in [2.24, 2.45) is 0 Å². The number of hydrogen-bond donors (Lipinski definition) is 1. The number of halogens is 3. The molecule has 1 aliphatic heterocycles. The van der Waals surface area contributed by atoms with Crippen LogP contribution < -0.4 is 10.1 Å². The number of aryl methyl sites for hydroxylation is 1. The third-order valence-corrected chi connectivity index (χ3v) is 6.61. The van der Waals surface area contributed by atoms with Crippen molar-refractivity contribution >= 4 is 22.5 Å². The number of likely N-dealkylation sites (tertiary alicyclic amines) is 1. The van der Waals surface area contributed by atoms with Crippen molar-refractivity contribution in [1.29, 1.82) is 0 Å². The first kappa shape index (κ1) is 24.8. The molecule has 1 atom stereocenters. The number of benzene rings is 2. The fraction of sp³-hybridized carbons (Fsp3) is 0.385. The van der Waals surface area contributed by atoms with E-state index in [2.05, 4.69) is 10.3 Å². The lowest BCUT2D eigenvalue weighted by atomic mass is 9.84. The second-order valence-corrected chi connectivity index (χ2v) is 8.87. The smallest absolute Gasteiger partial charge is 0.266 e. The fourth-order valence-corrected chi connectivity index (χ4v) is 4.62. The number of rotatable bonds is 7. The normalized spacial score (nSPS) is 15.7. The Labute approximate surface area is 202 Å². The molecule has 186 valence electrons. The van der Waals surface area contributed by atoms with Gasteiger partial charge >= 0.3 is 0 Å². The molecule has 2 aromatic carbocycles. The Morgan fingerprint density at radius 1 is 1.17 bits per heavy atom. The van der Waals surface area contributed by atoms with Gasteiger partial charge in [-0.2, -0.15) is 0 Å². The van der Waals surface area contributed by atoms with Crippen molar-refractivity contribution in [3.05, 3.63) is 64.6 Å². The number of anilines is 1. The minimum atomic E-state index is -2.90. The highest BCUT2D eigenvalue weighted by molar-refractivity contribution is 5.93. The van der Waals surface area contributed by atoms with E-state index in [1.165, 1.54) is 19.1 Å². The second kappa shape index (κ2) is 9.37. The van der Waals surface area contributed by atoms with Crippen molar-refractivity contribution in [2.45, 2.75) is 38.8 Å². The Bertz CT molecular complexity index is 1280. The minimum absolute atomic E-state index is 0.0426. The Hall–Kier alpha value is -3.33. The van der Waals surface area contributed by atoms with Gasteiger partial charge in [0.2, 0.25) is 5.91 Å². The van der Waals surface area contributed by atoms with Gasteiger partial charge in [0, 0.05) is 48.0 Å². The molecule has 1 saturated heterocycles. The van der Waals surface area contributed by atoms with E-state index in [1.807, 2.05) is 25.1 Å². The maximum atomic E-state index is 14.8. The average molecular weight is 488 g/mol. The SMILES string of the molecule is COc1cc2nc(C)cc(NC(C)c3cccc(C(F)F)c3F)c2cc1C1(OC)CN(C(C)=O)C1. The van der Waals surface area contributed by atoms with E-state index >= 15 is 0 Å². The van der Waals surface area contributed by atoms with Crippen LogP contribution >= 0.6 is 0 Å². The summed E-state index contributed by atoms with van der Waals surface area (Å²) in [6.45, 7) is 5.82. The van der Waals surface area contributed by atoms with Gasteiger partial charge in [0.25, 0.3) is 6.43 Å². The van der Waals surface area contributed by atoms with Crippen LogP contribution in [0, 0.1) is 12.7 Å². The summed E-state index contributed by atoms with van der Waals surface area (Å²) in [5.74, 6) is -0.383. The summed E-state index contributed by atoms with van der Waals surface area (Å²) in [6, 6.07) is 8.95. The third-order valence-electron chi connectivity index (χ3n) is 6.61. The first-order valence-corrected chi connectivity index (χ1v) is 11.2. The van der Waals surface area contributed by atoms with Crippen LogP contribution in [-0.4, -0.2) is 43.1 Å². The van der Waals surface area contributed by atoms with Crippen molar-refractivity contribution in [3.8, 4) is 5.75 Å². The largest absolute Gasteiger partial charge is 0.496 e. The number of amides is 1. The number of nitrogens with one attached hydrogen (secondary N) is 1. The molecule has 3 aromatic rings. The number of pyridine rings is 1. The molecule has 1 N–H and O–H groups in total. The van der Waals surface area contributed by atoms with E-state index in [-0.39, 0.29) is 11.5 Å². The Morgan fingerprint density at radius 3 is 2.46 bits per heavy atom. The third kappa shape index (κ3) is 4.40. The summed E-state index contributed by atoms with van der Waals surface area (Å²) in [6.07, 6.45) is -2.90. The maximum Gasteiger partial charge on any atom is 0.266 e. The summed E-state index contributed by atoms with van der Waals surface area (Å²) < 4.78 is 52.7. The number of aromatic nitrogens is 1. The average Bonchev–Trinajstić information content (AvgIpc) is 2.78. The van der Waals surface area contributed by atoms with Gasteiger partial charge in [-0.25, -0.2) is 13.2 Å². The number of nitrogens with zero attached hydrogens (tertiary/aromatic N) is 2. The topological polar surface area (TPSA) is 63.7 Å². The van der Waals surface area contributed by atoms with Gasteiger partial charge in [-0.1, -0.05) is 18.2 Å². The molecule has 1 aliphatic rings. The molecule has 35 heavy (non-hydrogen) atoms. The molecule has 1 amide bonds. The number of alkyl halides is 2. The van der Waals surface area contributed by atoms with Crippen LogP contribution in [0.4, 0.5) is 18.9 Å². The van der Waals surface area contributed by atoms with E-state index in [0.29, 0.717) is 30.0 Å². The van der Waals surface area contributed by atoms with E-state index in [4.69, 9.17) is 9.47 Å². The van der Waals surface area contributed by atoms with Gasteiger partial charge in [0.1, 0.15) is 17.2 Å². The molecule has 2 heterocycles. The van der Waals surface area contributed by atoms with Gasteiger partial charge < -0.3 is 19.7 Å². The van der Waals surface area contributed by atoms with Gasteiger partial charge in [0.05, 0.1) is 37.3 Å². The standard InChI is InChI=1S/C26H28F3N3O3/c1-14-9-21(31-15(2)17-7-6-8-18(24(17)27)25(28)29)19-10-20(23(34-4)11-22(19)30-14)26(35-5)12-32(13-26)16(3)33/h6-11,15,25H,12-13H2,1-5H3,(H,30,31). The van der Waals surface area contributed by atoms with E-state index < -0.39 is 29.4 Å². The maximum absolute atomic E-state index is 14.8. The monoisotopic (exact) mass is 487 g/mol. The molecule has 0 spiro atoms. The number of ether oxygens (including phenoxy) is 2. The zero-order chi connectivity index (χ0) is 25.5. The number of carbonyl (C=O) groups is 1. The molecular weight excluding hydrogens is 459 g/mol. The summed E-state index contributed by atoms with van der Waals surface area (Å²) in [5.41, 5.74) is 1.58. The predicted molar refractivity (Wildman–Crippen MR) is 127 cm³/mol. The molecule has 1 aromatic heterocycles. The van der Waals surface area contributed by atoms with Crippen molar-refractivity contribution in [1.82, 2.24) is 9.88 Å². The van der Waals surface area contributed by atoms with Crippen LogP contribution in [0.15, 0.2) is 36.4 Å². The highest BCUT2D eigenvalue weighted by atomic mass is 19.3. The number of fused-ring (bicyclic) bond motifs is 1. The highest BCUT2D eigenvalue weighted by Crippen LogP contribution is 2.43. The molecule has 0 bridgehead atoms. The Morgan fingerprint density at radius 2 is 1.86 bits per heavy atom. The van der Waals surface area contributed by atoms with E-state index in [9.17, 15) is 18.0 Å². The van der Waals surface area contributed by atoms with Crippen molar-refractivity contribution < 1.29 is 27.4 Å². The van der Waals surface area contributed by atoms with Crippen molar-refractivity contribution in [3.63, 3.8) is 0 Å². The molecule has 4 rings (SSSR count). The van der Waals surface area contributed by atoms with Crippen LogP contribution in [-0.2, 0) is 15.1 Å². The van der Waals surface area contributed by atoms with Crippen LogP contribution in [0.5, 0.6) is 5.75 Å². The Balaban J connectivity index is 1.79. The van der Waals surface area contributed by atoms with E-state index in [1.54, 1.807) is 26.0 Å². The summed E-state index contributed by atoms with van der Waals surface area (Å²) in [5, 5.41) is 4.01. The minimum Gasteiger partial charge on any atom is -0.496 e. The molecular formula is C26H28F3N3O3. The summed E-state index contributed by atoms with van der Waals surface area (Å²) in [4.78, 5) is 18.1. The molecule has 0 saturated carbocycles. The quantitative estimate of drug-likeness (QED) is 0.477. The van der Waals surface area contributed by atoms with Gasteiger partial charge in [-0.3, -0.25) is 9.78 Å². The lowest BCUT2D eigenvalue weighted by Crippen LogP contribution is -2.61. The van der Waals surface area contributed by atoms with Gasteiger partial charge in [-0.15, -0.1) is 0 Å². The second-order valence-electron chi connectivity index (χ2n) is 8.87.